The van der Waals surface area contributed by atoms with Gasteiger partial charge in [-0.2, -0.15) is 0 Å². The zero-order valence-corrected chi connectivity index (χ0v) is 33.8. The molecule has 59 heavy (non-hydrogen) atoms. The molecule has 2 aromatic carbocycles. The van der Waals surface area contributed by atoms with E-state index in [4.69, 9.17) is 14.7 Å². The van der Waals surface area contributed by atoms with Gasteiger partial charge in [0.1, 0.15) is 23.7 Å². The molecule has 4 amide bonds. The van der Waals surface area contributed by atoms with E-state index in [1.807, 2.05) is 68.6 Å². The van der Waals surface area contributed by atoms with Crippen LogP contribution in [0.15, 0.2) is 60.9 Å². The van der Waals surface area contributed by atoms with Gasteiger partial charge < -0.3 is 40.2 Å². The normalized spacial score (nSPS) is 20.7. The Bertz CT molecular complexity index is 2140. The lowest BCUT2D eigenvalue weighted by Gasteiger charge is -2.46. The van der Waals surface area contributed by atoms with Gasteiger partial charge in [0, 0.05) is 48.4 Å². The number of carbonyl (C=O) groups is 4. The van der Waals surface area contributed by atoms with Gasteiger partial charge in [-0.05, 0) is 62.0 Å². The predicted octanol–water partition coefficient (Wildman–Crippen LogP) is 7.84. The molecule has 2 saturated heterocycles. The van der Waals surface area contributed by atoms with Gasteiger partial charge in [0.15, 0.2) is 0 Å². The molecule has 7 rings (SSSR count). The minimum Gasteiger partial charge on any atom is -0.465 e. The summed E-state index contributed by atoms with van der Waals surface area (Å²) in [7, 11) is 1.27. The van der Waals surface area contributed by atoms with E-state index in [1.54, 1.807) is 22.9 Å². The number of rotatable bonds is 11. The second-order valence-corrected chi connectivity index (χ2v) is 16.3. The van der Waals surface area contributed by atoms with E-state index in [0.29, 0.717) is 36.7 Å². The number of nitrogens with one attached hydrogen (secondary N) is 4. The van der Waals surface area contributed by atoms with Crippen molar-refractivity contribution in [3.63, 3.8) is 0 Å². The second-order valence-electron chi connectivity index (χ2n) is 16.3. The third kappa shape index (κ3) is 8.53. The molecular weight excluding hydrogens is 763 g/mol. The van der Waals surface area contributed by atoms with Crippen LogP contribution in [0.25, 0.3) is 33.6 Å². The van der Waals surface area contributed by atoms with Crippen LogP contribution in [0.4, 0.5) is 18.4 Å². The smallest absolute Gasteiger partial charge is 0.407 e. The largest absolute Gasteiger partial charge is 0.465 e. The van der Waals surface area contributed by atoms with Gasteiger partial charge >= 0.3 is 12.2 Å². The summed E-state index contributed by atoms with van der Waals surface area (Å²) in [4.78, 5) is 70.8. The van der Waals surface area contributed by atoms with Gasteiger partial charge in [0.05, 0.1) is 30.6 Å². The summed E-state index contributed by atoms with van der Waals surface area (Å²) in [6.07, 6.45) is 4.16. The Morgan fingerprint density at radius 2 is 1.36 bits per heavy atom. The number of nitrogens with zero attached hydrogens (tertiary/aromatic N) is 4. The summed E-state index contributed by atoms with van der Waals surface area (Å²) in [6.45, 7) is 6.06. The van der Waals surface area contributed by atoms with Crippen LogP contribution in [0.3, 0.4) is 0 Å². The molecule has 314 valence electrons. The van der Waals surface area contributed by atoms with Gasteiger partial charge in [-0.15, -0.1) is 0 Å². The Hall–Kier alpha value is -5.80. The van der Waals surface area contributed by atoms with E-state index in [1.165, 1.54) is 7.11 Å². The first kappa shape index (κ1) is 41.4. The first-order valence-electron chi connectivity index (χ1n) is 20.4. The highest BCUT2D eigenvalue weighted by Gasteiger charge is 2.55. The summed E-state index contributed by atoms with van der Waals surface area (Å²) in [6, 6.07) is 13.5. The molecule has 14 nitrogen and oxygen atoms in total. The highest BCUT2D eigenvalue weighted by molar-refractivity contribution is 5.87. The van der Waals surface area contributed by atoms with Gasteiger partial charge in [-0.25, -0.2) is 28.3 Å². The molecule has 1 unspecified atom stereocenters. The molecule has 4 heterocycles. The maximum Gasteiger partial charge on any atom is 0.407 e. The Morgan fingerprint density at radius 1 is 0.814 bits per heavy atom. The van der Waals surface area contributed by atoms with E-state index >= 15 is 0 Å². The Morgan fingerprint density at radius 3 is 1.86 bits per heavy atom. The number of amides is 4. The van der Waals surface area contributed by atoms with Crippen molar-refractivity contribution in [3.8, 4) is 33.6 Å². The fourth-order valence-corrected chi connectivity index (χ4v) is 9.03. The number of imidazole rings is 2. The van der Waals surface area contributed by atoms with Crippen LogP contribution >= 0.6 is 0 Å². The van der Waals surface area contributed by atoms with E-state index in [9.17, 15) is 33.1 Å². The van der Waals surface area contributed by atoms with Crippen molar-refractivity contribution in [2.24, 2.45) is 5.92 Å². The Labute approximate surface area is 341 Å². The topological polar surface area (TPSA) is 186 Å². The van der Waals surface area contributed by atoms with Crippen molar-refractivity contribution in [2.75, 3.05) is 13.7 Å². The summed E-state index contributed by atoms with van der Waals surface area (Å²) in [5.74, 6) is -2.26. The van der Waals surface area contributed by atoms with Crippen molar-refractivity contribution in [1.82, 2.24) is 40.4 Å². The molecule has 0 radical (unpaired) electrons. The first-order valence-corrected chi connectivity index (χ1v) is 20.4. The predicted molar refractivity (Wildman–Crippen MR) is 215 cm³/mol. The van der Waals surface area contributed by atoms with Crippen LogP contribution in [0.2, 0.25) is 0 Å². The summed E-state index contributed by atoms with van der Waals surface area (Å²) >= 11 is 0. The first-order chi connectivity index (χ1) is 28.2. The lowest BCUT2D eigenvalue weighted by atomic mass is 9.78. The summed E-state index contributed by atoms with van der Waals surface area (Å²) < 4.78 is 33.4. The zero-order chi connectivity index (χ0) is 42.1. The minimum absolute atomic E-state index is 0.127. The lowest BCUT2D eigenvalue weighted by molar-refractivity contribution is -0.146. The van der Waals surface area contributed by atoms with Gasteiger partial charge in [0.25, 0.3) is 0 Å². The van der Waals surface area contributed by atoms with E-state index in [0.717, 1.165) is 40.8 Å². The van der Waals surface area contributed by atoms with Gasteiger partial charge in [-0.1, -0.05) is 69.3 Å². The standard InChI is InChI=1S/C43H52F2N8O6/c1-5-30(50-40(56)57)38(54)53-34(16-17-42(53)18-20-43(44,45)21-19-42)37-47-24-32(49-37)29-14-10-27(11-15-29)26-8-12-28(13-9-26)31-23-46-36(48-31)33-7-6-22-52(33)39(55)35(25(2)3)51-41(58)59-4/h8-15,23-25,30,33-35,50H,5-7,16-22H2,1-4H3,(H,46,48)(H,47,49)(H,51,58)(H,56,57)/t30-,33-,34?,35-/m0/s1. The number of benzene rings is 2. The molecule has 3 fully saturated rings. The monoisotopic (exact) mass is 814 g/mol. The number of carboxylic acid groups (broad SMARTS) is 1. The molecule has 4 atom stereocenters. The fraction of sp³-hybridized carbons (Fsp3) is 0.488. The molecule has 1 spiro atoms. The van der Waals surface area contributed by atoms with Crippen LogP contribution < -0.4 is 10.6 Å². The second kappa shape index (κ2) is 16.8. The third-order valence-electron chi connectivity index (χ3n) is 12.3. The zero-order valence-electron chi connectivity index (χ0n) is 33.8. The van der Waals surface area contributed by atoms with Crippen LogP contribution in [0.1, 0.15) is 102 Å². The van der Waals surface area contributed by atoms with Crippen molar-refractivity contribution in [2.45, 2.75) is 114 Å². The highest BCUT2D eigenvalue weighted by atomic mass is 19.3. The highest BCUT2D eigenvalue weighted by Crippen LogP contribution is 2.52. The van der Waals surface area contributed by atoms with Gasteiger partial charge in [-0.3, -0.25) is 9.59 Å². The van der Waals surface area contributed by atoms with Crippen molar-refractivity contribution < 1.29 is 37.8 Å². The fourth-order valence-electron chi connectivity index (χ4n) is 9.03. The van der Waals surface area contributed by atoms with Crippen molar-refractivity contribution in [3.05, 3.63) is 72.6 Å². The Kier molecular flexibility index (Phi) is 11.8. The molecular formula is C43H52F2N8O6. The molecule has 4 aromatic rings. The number of hydrogen-bond acceptors (Lipinski definition) is 7. The van der Waals surface area contributed by atoms with Crippen LogP contribution in [-0.2, 0) is 14.3 Å². The van der Waals surface area contributed by atoms with Crippen LogP contribution in [0, 0.1) is 5.92 Å². The number of alkyl carbamates (subject to hydrolysis) is 1. The summed E-state index contributed by atoms with van der Waals surface area (Å²) in [5.41, 5.74) is 4.36. The maximum atomic E-state index is 14.3. The average molecular weight is 815 g/mol. The SMILES string of the molecule is CC[C@H](NC(=O)O)C(=O)N1C(c2nc(-c3ccc(-c4ccc(-c5c[nH]c([C@@H]6CCCN6C(=O)[C@@H](NC(=O)OC)C(C)C)n5)cc4)cc3)c[nH]2)CCC12CCC(F)(F)CC2. The summed E-state index contributed by atoms with van der Waals surface area (Å²) in [5, 5.41) is 14.4. The third-order valence-corrected chi connectivity index (χ3v) is 12.3. The van der Waals surface area contributed by atoms with Crippen molar-refractivity contribution in [1.29, 1.82) is 0 Å². The van der Waals surface area contributed by atoms with Crippen LogP contribution in [0.5, 0.6) is 0 Å². The molecule has 16 heteroatoms. The Balaban J connectivity index is 1.04. The number of aromatic amines is 2. The average Bonchev–Trinajstić information content (AvgIpc) is 4.06. The van der Waals surface area contributed by atoms with Crippen molar-refractivity contribution >= 4 is 24.0 Å². The number of likely N-dealkylation sites (tertiary alicyclic amines) is 2. The number of hydrogen-bond donors (Lipinski definition) is 5. The molecule has 0 bridgehead atoms. The van der Waals surface area contributed by atoms with Crippen LogP contribution in [-0.4, -0.2) is 96.0 Å². The van der Waals surface area contributed by atoms with Gasteiger partial charge in [0.2, 0.25) is 17.7 Å². The number of H-pyrrole nitrogens is 2. The molecule has 5 N–H and O–H groups in total. The van der Waals surface area contributed by atoms with E-state index in [-0.39, 0.29) is 50.0 Å². The number of alkyl halides is 2. The molecule has 3 aliphatic rings. The van der Waals surface area contributed by atoms with E-state index < -0.39 is 47.7 Å². The number of halogens is 2. The maximum absolute atomic E-state index is 14.3. The quantitative estimate of drug-likeness (QED) is 0.101. The van der Waals surface area contributed by atoms with E-state index in [2.05, 4.69) is 20.6 Å². The number of aromatic nitrogens is 4. The molecule has 1 aliphatic carbocycles. The lowest BCUT2D eigenvalue weighted by Crippen LogP contribution is -2.57. The minimum atomic E-state index is -2.79. The molecule has 2 aliphatic heterocycles. The molecule has 1 saturated carbocycles. The molecule has 2 aromatic heterocycles. The number of methoxy groups -OCH3 is 1. The number of carbonyl (C=O) groups excluding carboxylic acids is 3. The number of ether oxygens (including phenoxy) is 1.